The van der Waals surface area contributed by atoms with Crippen LogP contribution in [0.3, 0.4) is 0 Å². The number of aliphatic imine (C=N–C) groups is 1. The van der Waals surface area contributed by atoms with Crippen LogP contribution in [0.2, 0.25) is 0 Å². The van der Waals surface area contributed by atoms with Crippen molar-refractivity contribution in [3.8, 4) is 0 Å². The van der Waals surface area contributed by atoms with Crippen LogP contribution < -0.4 is 16.4 Å². The predicted molar refractivity (Wildman–Crippen MR) is 80.7 cm³/mol. The molecular formula is C13H17ClN4O3. The summed E-state index contributed by atoms with van der Waals surface area (Å²) in [6.45, 7) is 1.31. The highest BCUT2D eigenvalue weighted by atomic mass is 35.5. The molecule has 2 rings (SSSR count). The fourth-order valence-corrected chi connectivity index (χ4v) is 1.79. The first-order valence-electron chi connectivity index (χ1n) is 6.24. The first kappa shape index (κ1) is 16.9. The van der Waals surface area contributed by atoms with E-state index in [9.17, 15) is 9.59 Å². The van der Waals surface area contributed by atoms with Gasteiger partial charge in [-0.15, -0.1) is 12.4 Å². The highest BCUT2D eigenvalue weighted by molar-refractivity contribution is 6.02. The van der Waals surface area contributed by atoms with Crippen molar-refractivity contribution in [3.05, 3.63) is 35.4 Å². The van der Waals surface area contributed by atoms with Crippen molar-refractivity contribution in [2.75, 3.05) is 6.54 Å². The highest BCUT2D eigenvalue weighted by Crippen LogP contribution is 2.06. The zero-order valence-corrected chi connectivity index (χ0v) is 12.0. The van der Waals surface area contributed by atoms with Crippen LogP contribution in [-0.2, 0) is 11.3 Å². The Hall–Kier alpha value is -2.12. The molecule has 1 heterocycles. The first-order chi connectivity index (χ1) is 9.56. The Morgan fingerprint density at radius 3 is 2.48 bits per heavy atom. The number of benzene rings is 1. The van der Waals surface area contributed by atoms with Crippen LogP contribution in [0.5, 0.6) is 0 Å². The summed E-state index contributed by atoms with van der Waals surface area (Å²) in [6.07, 6.45) is -0.459. The molecule has 0 saturated carbocycles. The number of carboxylic acid groups (broad SMARTS) is 1. The minimum absolute atomic E-state index is 0. The van der Waals surface area contributed by atoms with Crippen molar-refractivity contribution in [2.24, 2.45) is 10.7 Å². The lowest BCUT2D eigenvalue weighted by molar-refractivity contribution is -0.124. The van der Waals surface area contributed by atoms with Gasteiger partial charge in [-0.05, 0) is 18.5 Å². The number of nitrogens with two attached hydrogens (primary N) is 1. The molecule has 1 aromatic rings. The average molecular weight is 313 g/mol. The van der Waals surface area contributed by atoms with Gasteiger partial charge >= 0.3 is 6.09 Å². The lowest BCUT2D eigenvalue weighted by Gasteiger charge is -2.26. The largest absolute Gasteiger partial charge is 0.463 e. The molecule has 1 fully saturated rings. The number of nitrogens with one attached hydrogen (secondary N) is 2. The second-order valence-electron chi connectivity index (χ2n) is 4.49. The second kappa shape index (κ2) is 7.61. The molecule has 8 heteroatoms. The third-order valence-electron chi connectivity index (χ3n) is 3.07. The van der Waals surface area contributed by atoms with Gasteiger partial charge in [0, 0.05) is 12.1 Å². The van der Waals surface area contributed by atoms with E-state index in [2.05, 4.69) is 15.6 Å². The van der Waals surface area contributed by atoms with E-state index >= 15 is 0 Å². The van der Waals surface area contributed by atoms with Crippen LogP contribution in [0.15, 0.2) is 29.3 Å². The van der Waals surface area contributed by atoms with Crippen LogP contribution >= 0.6 is 12.4 Å². The van der Waals surface area contributed by atoms with Crippen molar-refractivity contribution in [1.29, 1.82) is 0 Å². The third kappa shape index (κ3) is 4.73. The molecule has 21 heavy (non-hydrogen) atoms. The smallest absolute Gasteiger partial charge is 0.433 e. The van der Waals surface area contributed by atoms with Crippen LogP contribution in [-0.4, -0.2) is 35.5 Å². The van der Waals surface area contributed by atoms with Gasteiger partial charge in [0.15, 0.2) is 0 Å². The molecule has 0 unspecified atom stereocenters. The Bertz CT molecular complexity index is 541. The summed E-state index contributed by atoms with van der Waals surface area (Å²) < 4.78 is 0. The van der Waals surface area contributed by atoms with Gasteiger partial charge in [-0.25, -0.2) is 4.79 Å². The summed E-state index contributed by atoms with van der Waals surface area (Å²) in [4.78, 5) is 25.2. The molecule has 1 atom stereocenters. The van der Waals surface area contributed by atoms with Gasteiger partial charge in [-0.1, -0.05) is 24.3 Å². The minimum Gasteiger partial charge on any atom is -0.463 e. The number of rotatable bonds is 4. The number of hydrogen-bond acceptors (Lipinski definition) is 3. The van der Waals surface area contributed by atoms with Crippen LogP contribution in [0.1, 0.15) is 17.5 Å². The molecule has 0 spiro atoms. The molecule has 1 aliphatic heterocycles. The Balaban J connectivity index is 0.00000220. The summed E-state index contributed by atoms with van der Waals surface area (Å²) >= 11 is 0. The quantitative estimate of drug-likeness (QED) is 0.476. The van der Waals surface area contributed by atoms with Gasteiger partial charge < -0.3 is 21.5 Å². The van der Waals surface area contributed by atoms with E-state index in [0.717, 1.165) is 18.5 Å². The summed E-state index contributed by atoms with van der Waals surface area (Å²) in [5.41, 5.74) is 6.96. The Morgan fingerprint density at radius 2 is 2.00 bits per heavy atom. The van der Waals surface area contributed by atoms with E-state index in [4.69, 9.17) is 10.8 Å². The number of nitrogens with zero attached hydrogens (tertiary/aromatic N) is 1. The fourth-order valence-electron chi connectivity index (χ4n) is 1.79. The van der Waals surface area contributed by atoms with Gasteiger partial charge in [-0.2, -0.15) is 4.99 Å². The number of halogens is 1. The predicted octanol–water partition coefficient (Wildman–Crippen LogP) is 0.470. The molecule has 1 aromatic carbocycles. The molecule has 0 radical (unpaired) electrons. The number of hydrogen-bond donors (Lipinski definition) is 4. The van der Waals surface area contributed by atoms with Crippen LogP contribution in [0, 0.1) is 0 Å². The number of carbonyl (C=O) groups is 2. The van der Waals surface area contributed by atoms with Gasteiger partial charge in [0.2, 0.25) is 5.91 Å². The Morgan fingerprint density at radius 1 is 1.38 bits per heavy atom. The molecule has 114 valence electrons. The van der Waals surface area contributed by atoms with Gasteiger partial charge in [0.05, 0.1) is 6.04 Å². The standard InChI is InChI=1S/C13H16N4O3.ClH/c14-11(17-13(19)20)9-3-1-8(2-4-9)7-16-12(18)10-5-6-15-10;/h1-4,10,15H,5-7H2,(H2,14,17)(H,16,18)(H,19,20);1H/t10-;/m0./s1. The van der Waals surface area contributed by atoms with Gasteiger partial charge in [-0.3, -0.25) is 4.79 Å². The monoisotopic (exact) mass is 312 g/mol. The van der Waals surface area contributed by atoms with Crippen molar-refractivity contribution in [1.82, 2.24) is 10.6 Å². The van der Waals surface area contributed by atoms with E-state index in [-0.39, 0.29) is 30.2 Å². The summed E-state index contributed by atoms with van der Waals surface area (Å²) in [5.74, 6) is -0.0565. The number of amidine groups is 1. The minimum atomic E-state index is -1.33. The van der Waals surface area contributed by atoms with Crippen molar-refractivity contribution < 1.29 is 14.7 Å². The molecule has 7 nitrogen and oxygen atoms in total. The van der Waals surface area contributed by atoms with Crippen molar-refractivity contribution >= 4 is 30.2 Å². The Labute approximate surface area is 128 Å². The van der Waals surface area contributed by atoms with Gasteiger partial charge in [0.1, 0.15) is 5.84 Å². The summed E-state index contributed by atoms with van der Waals surface area (Å²) in [7, 11) is 0. The normalized spacial score (nSPS) is 17.3. The highest BCUT2D eigenvalue weighted by Gasteiger charge is 2.23. The second-order valence-corrected chi connectivity index (χ2v) is 4.49. The zero-order valence-electron chi connectivity index (χ0n) is 11.2. The van der Waals surface area contributed by atoms with Gasteiger partial charge in [0.25, 0.3) is 0 Å². The maximum atomic E-state index is 11.6. The molecule has 5 N–H and O–H groups in total. The SMILES string of the molecule is Cl.NC(=NC(=O)O)c1ccc(CNC(=O)[C@@H]2CCN2)cc1. The van der Waals surface area contributed by atoms with Crippen LogP contribution in [0.25, 0.3) is 0 Å². The van der Waals surface area contributed by atoms with E-state index in [1.807, 2.05) is 0 Å². The molecule has 0 aliphatic carbocycles. The van der Waals surface area contributed by atoms with Crippen molar-refractivity contribution in [3.63, 3.8) is 0 Å². The fraction of sp³-hybridized carbons (Fsp3) is 0.308. The molecule has 2 amide bonds. The van der Waals surface area contributed by atoms with E-state index < -0.39 is 6.09 Å². The first-order valence-corrected chi connectivity index (χ1v) is 6.24. The topological polar surface area (TPSA) is 117 Å². The third-order valence-corrected chi connectivity index (χ3v) is 3.07. The molecule has 1 saturated heterocycles. The van der Waals surface area contributed by atoms with Crippen molar-refractivity contribution in [2.45, 2.75) is 19.0 Å². The average Bonchev–Trinajstić information content (AvgIpc) is 2.34. The maximum Gasteiger partial charge on any atom is 0.433 e. The molecule has 0 aromatic heterocycles. The lowest BCUT2D eigenvalue weighted by atomic mass is 10.1. The maximum absolute atomic E-state index is 11.6. The zero-order chi connectivity index (χ0) is 14.5. The Kier molecular flexibility index (Phi) is 6.13. The molecular weight excluding hydrogens is 296 g/mol. The van der Waals surface area contributed by atoms with E-state index in [1.165, 1.54) is 0 Å². The lowest BCUT2D eigenvalue weighted by Crippen LogP contribution is -2.52. The van der Waals surface area contributed by atoms with E-state index in [1.54, 1.807) is 24.3 Å². The van der Waals surface area contributed by atoms with E-state index in [0.29, 0.717) is 12.1 Å². The number of carbonyl (C=O) groups excluding carboxylic acids is 1. The molecule has 0 bridgehead atoms. The summed E-state index contributed by atoms with van der Waals surface area (Å²) in [6, 6.07) is 6.81. The summed E-state index contributed by atoms with van der Waals surface area (Å²) in [5, 5.41) is 14.4. The van der Waals surface area contributed by atoms with Crippen LogP contribution in [0.4, 0.5) is 4.79 Å². The molecule has 1 aliphatic rings. The number of amides is 2.